The molecule has 0 radical (unpaired) electrons. The molecule has 0 fully saturated rings. The monoisotopic (exact) mass is 730 g/mol. The Bertz CT molecular complexity index is 3230. The second-order valence-electron chi connectivity index (χ2n) is 14.0. The first-order chi connectivity index (χ1) is 28.2. The van der Waals surface area contributed by atoms with E-state index in [1.165, 1.54) is 10.8 Å². The molecule has 0 aliphatic carbocycles. The highest BCUT2D eigenvalue weighted by Crippen LogP contribution is 2.35. The number of pyridine rings is 1. The van der Waals surface area contributed by atoms with Crippen LogP contribution < -0.4 is 0 Å². The number of rotatable bonds is 6. The first-order valence-corrected chi connectivity index (χ1v) is 18.8. The van der Waals surface area contributed by atoms with Crippen molar-refractivity contribution in [2.75, 3.05) is 0 Å². The summed E-state index contributed by atoms with van der Waals surface area (Å²) in [6.07, 6.45) is 3.59. The second kappa shape index (κ2) is 13.4. The van der Waals surface area contributed by atoms with E-state index < -0.39 is 0 Å². The van der Waals surface area contributed by atoms with Crippen molar-refractivity contribution in [1.82, 2.24) is 29.9 Å². The fourth-order valence-corrected chi connectivity index (χ4v) is 7.51. The van der Waals surface area contributed by atoms with Crippen LogP contribution in [0.5, 0.6) is 0 Å². The molecule has 57 heavy (non-hydrogen) atoms. The van der Waals surface area contributed by atoms with E-state index in [4.69, 9.17) is 24.4 Å². The average molecular weight is 731 g/mol. The molecule has 11 aromatic rings. The molecule has 266 valence electrons. The topological polar surface area (TPSA) is 90.5 Å². The summed E-state index contributed by atoms with van der Waals surface area (Å²) < 4.78 is 6.06. The molecule has 0 atom stereocenters. The first kappa shape index (κ1) is 32.5. The summed E-state index contributed by atoms with van der Waals surface area (Å²) in [7, 11) is 0. The molecule has 0 aliphatic heterocycles. The Morgan fingerprint density at radius 1 is 0.333 bits per heavy atom. The Morgan fingerprint density at radius 2 is 0.930 bits per heavy atom. The third kappa shape index (κ3) is 5.95. The van der Waals surface area contributed by atoms with Gasteiger partial charge >= 0.3 is 0 Å². The van der Waals surface area contributed by atoms with E-state index in [-0.39, 0.29) is 0 Å². The fourth-order valence-electron chi connectivity index (χ4n) is 7.51. The lowest BCUT2D eigenvalue weighted by molar-refractivity contribution is 0.651. The van der Waals surface area contributed by atoms with Crippen LogP contribution in [0, 0.1) is 0 Å². The SMILES string of the molecule is c1ccc(-c2nc(-c3ccccc3)nc(-c3cccc4cc(-c5ccc(-c6ncc7oc8ncc(-c9ccc%10ccccc%10c9)cc8c7n6)cc5)ccc34)n2)cc1. The molecular formula is C50H30N6O. The van der Waals surface area contributed by atoms with Gasteiger partial charge < -0.3 is 4.42 Å². The average Bonchev–Trinajstić information content (AvgIpc) is 3.66. The Morgan fingerprint density at radius 3 is 1.70 bits per heavy atom. The van der Waals surface area contributed by atoms with Crippen LogP contribution in [-0.4, -0.2) is 29.9 Å². The first-order valence-electron chi connectivity index (χ1n) is 18.8. The normalized spacial score (nSPS) is 11.5. The molecule has 0 saturated heterocycles. The highest BCUT2D eigenvalue weighted by molar-refractivity contribution is 6.03. The number of hydrogen-bond acceptors (Lipinski definition) is 7. The van der Waals surface area contributed by atoms with Crippen molar-refractivity contribution in [2.24, 2.45) is 0 Å². The van der Waals surface area contributed by atoms with Crippen LogP contribution in [0.3, 0.4) is 0 Å². The van der Waals surface area contributed by atoms with Gasteiger partial charge in [0.15, 0.2) is 28.9 Å². The quantitative estimate of drug-likeness (QED) is 0.168. The minimum atomic E-state index is 0.541. The number of furan rings is 1. The maximum Gasteiger partial charge on any atom is 0.229 e. The van der Waals surface area contributed by atoms with Crippen LogP contribution in [-0.2, 0) is 0 Å². The zero-order valence-corrected chi connectivity index (χ0v) is 30.4. The van der Waals surface area contributed by atoms with Gasteiger partial charge in [0.1, 0.15) is 5.52 Å². The Hall–Kier alpha value is -7.90. The van der Waals surface area contributed by atoms with Gasteiger partial charge in [-0.2, -0.15) is 0 Å². The molecule has 7 nitrogen and oxygen atoms in total. The molecule has 7 heteroatoms. The molecule has 0 N–H and O–H groups in total. The van der Waals surface area contributed by atoms with Gasteiger partial charge in [0.05, 0.1) is 11.6 Å². The molecule has 4 heterocycles. The lowest BCUT2D eigenvalue weighted by Gasteiger charge is -2.11. The predicted molar refractivity (Wildman–Crippen MR) is 228 cm³/mol. The molecule has 7 aromatic carbocycles. The number of hydrogen-bond donors (Lipinski definition) is 0. The van der Waals surface area contributed by atoms with Gasteiger partial charge in [-0.15, -0.1) is 0 Å². The Kier molecular flexibility index (Phi) is 7.67. The molecule has 4 aromatic heterocycles. The van der Waals surface area contributed by atoms with Crippen LogP contribution in [0.4, 0.5) is 0 Å². The van der Waals surface area contributed by atoms with Crippen molar-refractivity contribution in [3.8, 4) is 67.8 Å². The molecule has 0 aliphatic rings. The summed E-state index contributed by atoms with van der Waals surface area (Å²) in [6.45, 7) is 0. The van der Waals surface area contributed by atoms with Gasteiger partial charge in [-0.25, -0.2) is 29.9 Å². The zero-order chi connectivity index (χ0) is 37.7. The lowest BCUT2D eigenvalue weighted by Crippen LogP contribution is -2.00. The summed E-state index contributed by atoms with van der Waals surface area (Å²) in [5.74, 6) is 2.53. The molecule has 0 saturated carbocycles. The Labute approximate surface area is 327 Å². The number of benzene rings is 7. The number of nitrogens with zero attached hydrogens (tertiary/aromatic N) is 6. The summed E-state index contributed by atoms with van der Waals surface area (Å²) in [4.78, 5) is 29.2. The van der Waals surface area contributed by atoms with Crippen molar-refractivity contribution < 1.29 is 4.42 Å². The number of aromatic nitrogens is 6. The summed E-state index contributed by atoms with van der Waals surface area (Å²) in [5, 5.41) is 5.40. The van der Waals surface area contributed by atoms with Gasteiger partial charge in [-0.05, 0) is 56.4 Å². The predicted octanol–water partition coefficient (Wildman–Crippen LogP) is 12.3. The van der Waals surface area contributed by atoms with Gasteiger partial charge in [0, 0.05) is 34.0 Å². The van der Waals surface area contributed by atoms with Crippen molar-refractivity contribution in [2.45, 2.75) is 0 Å². The minimum Gasteiger partial charge on any atom is -0.434 e. The minimum absolute atomic E-state index is 0.541. The maximum absolute atomic E-state index is 6.06. The van der Waals surface area contributed by atoms with E-state index in [0.29, 0.717) is 34.6 Å². The standard InChI is InChI=1S/C50H30N6O/c1-3-11-33(12-4-1)47-54-48(34-13-5-2-6-14-34)56-49(55-47)42-17-9-16-39-27-37(24-25-41(39)42)32-18-21-35(22-19-32)46-51-30-44-45(53-46)43-28-40(29-52-50(43)57-44)38-23-20-31-10-7-8-15-36(31)26-38/h1-30H. The highest BCUT2D eigenvalue weighted by Gasteiger charge is 2.16. The van der Waals surface area contributed by atoms with Crippen LogP contribution in [0.15, 0.2) is 187 Å². The van der Waals surface area contributed by atoms with Gasteiger partial charge in [0.2, 0.25) is 5.71 Å². The lowest BCUT2D eigenvalue weighted by atomic mass is 9.97. The van der Waals surface area contributed by atoms with E-state index >= 15 is 0 Å². The summed E-state index contributed by atoms with van der Waals surface area (Å²) in [5.41, 5.74) is 9.91. The fraction of sp³-hybridized carbons (Fsp3) is 0. The van der Waals surface area contributed by atoms with E-state index in [2.05, 4.69) is 119 Å². The van der Waals surface area contributed by atoms with E-state index in [1.54, 1.807) is 6.20 Å². The summed E-state index contributed by atoms with van der Waals surface area (Å²) >= 11 is 0. The summed E-state index contributed by atoms with van der Waals surface area (Å²) in [6, 6.07) is 58.2. The number of fused-ring (bicyclic) bond motifs is 5. The molecule has 11 rings (SSSR count). The van der Waals surface area contributed by atoms with Crippen LogP contribution in [0.25, 0.3) is 112 Å². The highest BCUT2D eigenvalue weighted by atomic mass is 16.3. The van der Waals surface area contributed by atoms with Crippen molar-refractivity contribution in [3.63, 3.8) is 0 Å². The maximum atomic E-state index is 6.06. The van der Waals surface area contributed by atoms with Crippen LogP contribution >= 0.6 is 0 Å². The van der Waals surface area contributed by atoms with E-state index in [1.807, 2.05) is 66.9 Å². The van der Waals surface area contributed by atoms with Gasteiger partial charge in [0.25, 0.3) is 0 Å². The second-order valence-corrected chi connectivity index (χ2v) is 14.0. The molecule has 0 spiro atoms. The van der Waals surface area contributed by atoms with Crippen LogP contribution in [0.1, 0.15) is 0 Å². The molecule has 0 unspecified atom stereocenters. The van der Waals surface area contributed by atoms with Crippen molar-refractivity contribution in [3.05, 3.63) is 182 Å². The molecule has 0 amide bonds. The van der Waals surface area contributed by atoms with Gasteiger partial charge in [-0.1, -0.05) is 152 Å². The zero-order valence-electron chi connectivity index (χ0n) is 30.4. The van der Waals surface area contributed by atoms with E-state index in [0.717, 1.165) is 66.2 Å². The van der Waals surface area contributed by atoms with Crippen molar-refractivity contribution in [1.29, 1.82) is 0 Å². The van der Waals surface area contributed by atoms with Gasteiger partial charge in [-0.3, -0.25) is 0 Å². The van der Waals surface area contributed by atoms with Crippen molar-refractivity contribution >= 4 is 43.7 Å². The molecule has 0 bridgehead atoms. The largest absolute Gasteiger partial charge is 0.434 e. The third-order valence-electron chi connectivity index (χ3n) is 10.4. The van der Waals surface area contributed by atoms with Crippen LogP contribution in [0.2, 0.25) is 0 Å². The molecular weight excluding hydrogens is 701 g/mol. The third-order valence-corrected chi connectivity index (χ3v) is 10.4. The Balaban J connectivity index is 0.920. The van der Waals surface area contributed by atoms with E-state index in [9.17, 15) is 0 Å². The smallest absolute Gasteiger partial charge is 0.229 e.